The van der Waals surface area contributed by atoms with E-state index in [-0.39, 0.29) is 17.4 Å². The molecular formula is C24H21ClN6O2S. The van der Waals surface area contributed by atoms with E-state index in [4.69, 9.17) is 11.6 Å². The molecule has 5 rings (SSSR count). The number of hydrogen-bond donors (Lipinski definition) is 1. The van der Waals surface area contributed by atoms with Crippen LogP contribution in [0.25, 0.3) is 17.1 Å². The second kappa shape index (κ2) is 9.82. The fraction of sp³-hybridized carbons (Fsp3) is 0.208. The zero-order valence-electron chi connectivity index (χ0n) is 18.1. The molecule has 0 spiro atoms. The number of benzene rings is 1. The molecule has 0 unspecified atom stereocenters. The number of aromatic nitrogens is 5. The number of carbonyl (C=O) groups is 2. The Morgan fingerprint density at radius 1 is 1.03 bits per heavy atom. The summed E-state index contributed by atoms with van der Waals surface area (Å²) in [4.78, 5) is 34.3. The molecule has 1 aromatic carbocycles. The monoisotopic (exact) mass is 492 g/mol. The lowest BCUT2D eigenvalue weighted by Crippen LogP contribution is -2.27. The van der Waals surface area contributed by atoms with Crippen LogP contribution in [0, 0.1) is 0 Å². The minimum atomic E-state index is -0.0992. The molecular weight excluding hydrogens is 472 g/mol. The maximum atomic E-state index is 12.9. The van der Waals surface area contributed by atoms with Gasteiger partial charge in [0.1, 0.15) is 5.69 Å². The predicted molar refractivity (Wildman–Crippen MR) is 131 cm³/mol. The van der Waals surface area contributed by atoms with Crippen LogP contribution in [0.4, 0.5) is 0 Å². The molecule has 4 aromatic rings. The summed E-state index contributed by atoms with van der Waals surface area (Å²) in [6.45, 7) is 1.52. The van der Waals surface area contributed by atoms with Gasteiger partial charge in [-0.25, -0.2) is 0 Å². The normalized spacial score (nSPS) is 13.4. The topological polar surface area (TPSA) is 96.8 Å². The van der Waals surface area contributed by atoms with Crippen LogP contribution in [0.5, 0.6) is 0 Å². The number of H-pyrrole nitrogens is 1. The van der Waals surface area contributed by atoms with E-state index in [1.165, 1.54) is 11.8 Å². The van der Waals surface area contributed by atoms with Crippen LogP contribution in [-0.2, 0) is 0 Å². The van der Waals surface area contributed by atoms with Crippen molar-refractivity contribution in [2.45, 2.75) is 18.0 Å². The second-order valence-electron chi connectivity index (χ2n) is 7.87. The minimum Gasteiger partial charge on any atom is -0.356 e. The highest BCUT2D eigenvalue weighted by molar-refractivity contribution is 7.99. The smallest absolute Gasteiger partial charge is 0.270 e. The number of halogens is 1. The fourth-order valence-corrected chi connectivity index (χ4v) is 4.83. The maximum absolute atomic E-state index is 12.9. The summed E-state index contributed by atoms with van der Waals surface area (Å²) < 4.78 is 1.89. The minimum absolute atomic E-state index is 0.0614. The number of likely N-dealkylation sites (tertiary alicyclic amines) is 1. The summed E-state index contributed by atoms with van der Waals surface area (Å²) >= 11 is 7.37. The third-order valence-electron chi connectivity index (χ3n) is 5.62. The van der Waals surface area contributed by atoms with Crippen molar-refractivity contribution in [3.63, 3.8) is 0 Å². The zero-order valence-corrected chi connectivity index (χ0v) is 19.7. The molecule has 1 amide bonds. The quantitative estimate of drug-likeness (QED) is 0.301. The first-order valence-electron chi connectivity index (χ1n) is 10.9. The standard InChI is InChI=1S/C24H21ClN6O2S/c25-18-3-5-19(6-4-18)31-22(16-7-9-26-10-8-16)28-29-24(31)34-15-21(32)17-13-20(27-14-17)23(33)30-11-1-2-12-30/h3-10,13-14,27H,1-2,11-12,15H2. The Bertz CT molecular complexity index is 1310. The Balaban J connectivity index is 1.36. The SMILES string of the molecule is O=C(CSc1nnc(-c2ccncc2)n1-c1ccc(Cl)cc1)c1c[nH]c(C(=O)N2CCCC2)c1. The van der Waals surface area contributed by atoms with E-state index >= 15 is 0 Å². The van der Waals surface area contributed by atoms with Gasteiger partial charge in [-0.15, -0.1) is 10.2 Å². The Hall–Kier alpha value is -3.43. The fourth-order valence-electron chi connectivity index (χ4n) is 3.86. The Morgan fingerprint density at radius 2 is 1.76 bits per heavy atom. The van der Waals surface area contributed by atoms with Gasteiger partial charge in [-0.3, -0.25) is 19.1 Å². The lowest BCUT2D eigenvalue weighted by atomic mass is 10.2. The lowest BCUT2D eigenvalue weighted by Gasteiger charge is -2.13. The number of carbonyl (C=O) groups excluding carboxylic acids is 2. The molecule has 1 saturated heterocycles. The van der Waals surface area contributed by atoms with Crippen LogP contribution in [0.1, 0.15) is 33.7 Å². The van der Waals surface area contributed by atoms with E-state index < -0.39 is 0 Å². The number of nitrogens with zero attached hydrogens (tertiary/aromatic N) is 5. The molecule has 4 heterocycles. The number of nitrogens with one attached hydrogen (secondary N) is 1. The van der Waals surface area contributed by atoms with Gasteiger partial charge in [-0.2, -0.15) is 0 Å². The number of rotatable bonds is 7. The highest BCUT2D eigenvalue weighted by Crippen LogP contribution is 2.29. The third-order valence-corrected chi connectivity index (χ3v) is 6.80. The first-order chi connectivity index (χ1) is 16.6. The molecule has 0 saturated carbocycles. The van der Waals surface area contributed by atoms with Crippen LogP contribution < -0.4 is 0 Å². The molecule has 172 valence electrons. The summed E-state index contributed by atoms with van der Waals surface area (Å²) in [5.41, 5.74) is 2.60. The molecule has 10 heteroatoms. The number of pyridine rings is 1. The molecule has 0 bridgehead atoms. The largest absolute Gasteiger partial charge is 0.356 e. The van der Waals surface area contributed by atoms with Crippen molar-refractivity contribution in [2.24, 2.45) is 0 Å². The van der Waals surface area contributed by atoms with E-state index in [1.54, 1.807) is 36.8 Å². The Labute approximate surface area is 205 Å². The van der Waals surface area contributed by atoms with Gasteiger partial charge in [-0.1, -0.05) is 23.4 Å². The van der Waals surface area contributed by atoms with Gasteiger partial charge in [0.15, 0.2) is 16.8 Å². The van der Waals surface area contributed by atoms with E-state index in [0.717, 1.165) is 37.2 Å². The van der Waals surface area contributed by atoms with Gasteiger partial charge in [-0.05, 0) is 55.3 Å². The van der Waals surface area contributed by atoms with Crippen LogP contribution >= 0.6 is 23.4 Å². The number of amides is 1. The van der Waals surface area contributed by atoms with Crippen molar-refractivity contribution >= 4 is 35.1 Å². The lowest BCUT2D eigenvalue weighted by molar-refractivity contribution is 0.0787. The van der Waals surface area contributed by atoms with Gasteiger partial charge in [0.2, 0.25) is 0 Å². The first kappa shape index (κ1) is 22.4. The maximum Gasteiger partial charge on any atom is 0.270 e. The number of ketones is 1. The highest BCUT2D eigenvalue weighted by atomic mass is 35.5. The highest BCUT2D eigenvalue weighted by Gasteiger charge is 2.22. The van der Waals surface area contributed by atoms with E-state index in [1.807, 2.05) is 33.7 Å². The van der Waals surface area contributed by atoms with Crippen molar-refractivity contribution in [3.05, 3.63) is 77.3 Å². The predicted octanol–water partition coefficient (Wildman–Crippen LogP) is 4.52. The van der Waals surface area contributed by atoms with Crippen molar-refractivity contribution in [3.8, 4) is 17.1 Å². The van der Waals surface area contributed by atoms with E-state index in [9.17, 15) is 9.59 Å². The van der Waals surface area contributed by atoms with Gasteiger partial charge < -0.3 is 9.88 Å². The average Bonchev–Trinajstić information content (AvgIpc) is 3.64. The van der Waals surface area contributed by atoms with E-state index in [2.05, 4.69) is 20.2 Å². The zero-order chi connectivity index (χ0) is 23.5. The molecule has 0 atom stereocenters. The molecule has 1 fully saturated rings. The van der Waals surface area contributed by atoms with Crippen molar-refractivity contribution in [2.75, 3.05) is 18.8 Å². The Kier molecular flexibility index (Phi) is 6.46. The molecule has 1 aliphatic heterocycles. The summed E-state index contributed by atoms with van der Waals surface area (Å²) in [5, 5.41) is 9.91. The van der Waals surface area contributed by atoms with Gasteiger partial charge >= 0.3 is 0 Å². The van der Waals surface area contributed by atoms with Gasteiger partial charge in [0.25, 0.3) is 5.91 Å². The first-order valence-corrected chi connectivity index (χ1v) is 12.2. The van der Waals surface area contributed by atoms with Crippen molar-refractivity contribution in [1.29, 1.82) is 0 Å². The van der Waals surface area contributed by atoms with E-state index in [0.29, 0.717) is 27.3 Å². The molecule has 0 aliphatic carbocycles. The molecule has 3 aromatic heterocycles. The molecule has 34 heavy (non-hydrogen) atoms. The Morgan fingerprint density at radius 3 is 2.50 bits per heavy atom. The van der Waals surface area contributed by atoms with Gasteiger partial charge in [0, 0.05) is 53.5 Å². The third kappa shape index (κ3) is 4.62. The van der Waals surface area contributed by atoms with Gasteiger partial charge in [0.05, 0.1) is 5.75 Å². The summed E-state index contributed by atoms with van der Waals surface area (Å²) in [6, 6.07) is 12.7. The average molecular weight is 493 g/mol. The van der Waals surface area contributed by atoms with Crippen LogP contribution in [-0.4, -0.2) is 60.2 Å². The van der Waals surface area contributed by atoms with Crippen molar-refractivity contribution < 1.29 is 9.59 Å². The second-order valence-corrected chi connectivity index (χ2v) is 9.25. The van der Waals surface area contributed by atoms with Crippen LogP contribution in [0.2, 0.25) is 5.02 Å². The summed E-state index contributed by atoms with van der Waals surface area (Å²) in [5.74, 6) is 0.628. The van der Waals surface area contributed by atoms with Crippen LogP contribution in [0.3, 0.4) is 0 Å². The molecule has 8 nitrogen and oxygen atoms in total. The molecule has 1 N–H and O–H groups in total. The van der Waals surface area contributed by atoms with Crippen LogP contribution in [0.15, 0.2) is 66.2 Å². The summed E-state index contributed by atoms with van der Waals surface area (Å²) in [6.07, 6.45) is 7.02. The number of hydrogen-bond acceptors (Lipinski definition) is 6. The molecule has 0 radical (unpaired) electrons. The number of aromatic amines is 1. The molecule has 1 aliphatic rings. The summed E-state index contributed by atoms with van der Waals surface area (Å²) in [7, 11) is 0. The number of Topliss-reactive ketones (excluding diaryl/α,β-unsaturated/α-hetero) is 1. The number of thioether (sulfide) groups is 1. The van der Waals surface area contributed by atoms with Crippen molar-refractivity contribution in [1.82, 2.24) is 29.6 Å².